The van der Waals surface area contributed by atoms with Crippen LogP contribution in [0.25, 0.3) is 0 Å². The summed E-state index contributed by atoms with van der Waals surface area (Å²) in [5.41, 5.74) is 1.10. The van der Waals surface area contributed by atoms with Gasteiger partial charge in [0.2, 0.25) is 5.91 Å². The van der Waals surface area contributed by atoms with Crippen molar-refractivity contribution in [3.05, 3.63) is 22.7 Å². The summed E-state index contributed by atoms with van der Waals surface area (Å²) < 4.78 is 10.7. The number of nitrogens with zero attached hydrogens (tertiary/aromatic N) is 2. The molecule has 0 unspecified atom stereocenters. The van der Waals surface area contributed by atoms with Gasteiger partial charge >= 0.3 is 0 Å². The number of hydrogen-bond acceptors (Lipinski definition) is 4. The third kappa shape index (κ3) is 4.21. The molecule has 0 aromatic heterocycles. The SMILES string of the molecule is COc1cc(CN2CCCN(C(=O)C3CCC3)CC2)cc(Cl)c1OC. The fourth-order valence-electron chi connectivity index (χ4n) is 3.58. The van der Waals surface area contributed by atoms with Crippen molar-refractivity contribution < 1.29 is 14.3 Å². The number of benzene rings is 1. The Balaban J connectivity index is 1.62. The first-order valence-corrected chi connectivity index (χ1v) is 9.41. The molecule has 1 aromatic rings. The highest BCUT2D eigenvalue weighted by molar-refractivity contribution is 6.32. The number of amides is 1. The van der Waals surface area contributed by atoms with Gasteiger partial charge in [0.25, 0.3) is 0 Å². The number of ether oxygens (including phenoxy) is 2. The molecule has 2 fully saturated rings. The Labute approximate surface area is 154 Å². The second kappa shape index (κ2) is 8.28. The van der Waals surface area contributed by atoms with Gasteiger partial charge in [0.15, 0.2) is 11.5 Å². The van der Waals surface area contributed by atoms with Gasteiger partial charge in [0, 0.05) is 38.6 Å². The molecule has 3 rings (SSSR count). The molecule has 6 heteroatoms. The van der Waals surface area contributed by atoms with Crippen LogP contribution in [0.3, 0.4) is 0 Å². The monoisotopic (exact) mass is 366 g/mol. The van der Waals surface area contributed by atoms with E-state index in [9.17, 15) is 4.79 Å². The lowest BCUT2D eigenvalue weighted by Crippen LogP contribution is -2.41. The van der Waals surface area contributed by atoms with Gasteiger partial charge < -0.3 is 14.4 Å². The van der Waals surface area contributed by atoms with Gasteiger partial charge in [0.05, 0.1) is 19.2 Å². The van der Waals surface area contributed by atoms with E-state index in [1.807, 2.05) is 12.1 Å². The van der Waals surface area contributed by atoms with Crippen molar-refractivity contribution in [2.24, 2.45) is 5.92 Å². The third-order valence-corrected chi connectivity index (χ3v) is 5.53. The molecular weight excluding hydrogens is 340 g/mol. The van der Waals surface area contributed by atoms with Gasteiger partial charge in [-0.15, -0.1) is 0 Å². The highest BCUT2D eigenvalue weighted by Crippen LogP contribution is 2.36. The van der Waals surface area contributed by atoms with Crippen molar-refractivity contribution in [2.45, 2.75) is 32.2 Å². The van der Waals surface area contributed by atoms with Crippen LogP contribution < -0.4 is 9.47 Å². The summed E-state index contributed by atoms with van der Waals surface area (Å²) >= 11 is 6.31. The van der Waals surface area contributed by atoms with Crippen LogP contribution in [0.2, 0.25) is 5.02 Å². The smallest absolute Gasteiger partial charge is 0.225 e. The molecule has 0 spiro atoms. The lowest BCUT2D eigenvalue weighted by atomic mass is 9.84. The van der Waals surface area contributed by atoms with Crippen LogP contribution in [-0.2, 0) is 11.3 Å². The molecule has 1 saturated carbocycles. The Morgan fingerprint density at radius 2 is 1.92 bits per heavy atom. The summed E-state index contributed by atoms with van der Waals surface area (Å²) in [6.45, 7) is 4.37. The Bertz CT molecular complexity index is 619. The maximum Gasteiger partial charge on any atom is 0.225 e. The Hall–Kier alpha value is -1.46. The first-order chi connectivity index (χ1) is 12.1. The van der Waals surface area contributed by atoms with Crippen molar-refractivity contribution >= 4 is 17.5 Å². The molecular formula is C19H27ClN2O3. The quantitative estimate of drug-likeness (QED) is 0.802. The van der Waals surface area contributed by atoms with Crippen LogP contribution in [-0.4, -0.2) is 56.1 Å². The normalized spacial score (nSPS) is 19.2. The van der Waals surface area contributed by atoms with Crippen molar-refractivity contribution in [3.63, 3.8) is 0 Å². The zero-order valence-corrected chi connectivity index (χ0v) is 15.8. The highest BCUT2D eigenvalue weighted by Gasteiger charge is 2.30. The lowest BCUT2D eigenvalue weighted by Gasteiger charge is -2.31. The summed E-state index contributed by atoms with van der Waals surface area (Å²) in [4.78, 5) is 16.9. The number of carbonyl (C=O) groups excluding carboxylic acids is 1. The lowest BCUT2D eigenvalue weighted by molar-refractivity contribution is -0.138. The number of halogens is 1. The van der Waals surface area contributed by atoms with E-state index < -0.39 is 0 Å². The zero-order chi connectivity index (χ0) is 17.8. The molecule has 1 aliphatic heterocycles. The number of hydrogen-bond donors (Lipinski definition) is 0. The highest BCUT2D eigenvalue weighted by atomic mass is 35.5. The average Bonchev–Trinajstić information content (AvgIpc) is 2.78. The summed E-state index contributed by atoms with van der Waals surface area (Å²) in [5, 5.41) is 0.563. The van der Waals surface area contributed by atoms with E-state index in [-0.39, 0.29) is 5.92 Å². The predicted octanol–water partition coefficient (Wildman–Crippen LogP) is 3.19. The number of carbonyl (C=O) groups is 1. The van der Waals surface area contributed by atoms with Gasteiger partial charge in [-0.05, 0) is 37.0 Å². The molecule has 1 aromatic carbocycles. The van der Waals surface area contributed by atoms with Crippen LogP contribution in [0.4, 0.5) is 0 Å². The number of methoxy groups -OCH3 is 2. The van der Waals surface area contributed by atoms with Crippen molar-refractivity contribution in [2.75, 3.05) is 40.4 Å². The fraction of sp³-hybridized carbons (Fsp3) is 0.632. The van der Waals surface area contributed by atoms with E-state index >= 15 is 0 Å². The van der Waals surface area contributed by atoms with Crippen molar-refractivity contribution in [1.29, 1.82) is 0 Å². The summed E-state index contributed by atoms with van der Waals surface area (Å²) in [6.07, 6.45) is 4.36. The average molecular weight is 367 g/mol. The molecule has 2 aliphatic rings. The summed E-state index contributed by atoms with van der Waals surface area (Å²) in [7, 11) is 3.21. The standard InChI is InChI=1S/C19H27ClN2O3/c1-24-17-12-14(11-16(20)18(17)25-2)13-21-7-4-8-22(10-9-21)19(23)15-5-3-6-15/h11-12,15H,3-10,13H2,1-2H3. The van der Waals surface area contributed by atoms with Gasteiger partial charge in [-0.25, -0.2) is 0 Å². The Morgan fingerprint density at radius 1 is 1.12 bits per heavy atom. The molecule has 0 bridgehead atoms. The molecule has 0 atom stereocenters. The van der Waals surface area contributed by atoms with Crippen LogP contribution in [0.5, 0.6) is 11.5 Å². The molecule has 25 heavy (non-hydrogen) atoms. The maximum atomic E-state index is 12.5. The second-order valence-corrected chi connectivity index (χ2v) is 7.30. The summed E-state index contributed by atoms with van der Waals surface area (Å²) in [6, 6.07) is 3.91. The van der Waals surface area contributed by atoms with E-state index in [2.05, 4.69) is 9.80 Å². The van der Waals surface area contributed by atoms with Gasteiger partial charge in [0.1, 0.15) is 0 Å². The van der Waals surface area contributed by atoms with Gasteiger partial charge in [-0.1, -0.05) is 18.0 Å². The molecule has 1 saturated heterocycles. The van der Waals surface area contributed by atoms with Crippen LogP contribution in [0, 0.1) is 5.92 Å². The molecule has 5 nitrogen and oxygen atoms in total. The molecule has 0 N–H and O–H groups in total. The van der Waals surface area contributed by atoms with E-state index in [1.54, 1.807) is 14.2 Å². The van der Waals surface area contributed by atoms with E-state index in [0.717, 1.165) is 57.5 Å². The van der Waals surface area contributed by atoms with Crippen molar-refractivity contribution in [1.82, 2.24) is 9.80 Å². The van der Waals surface area contributed by atoms with Crippen LogP contribution in [0.1, 0.15) is 31.2 Å². The zero-order valence-electron chi connectivity index (χ0n) is 15.1. The fourth-order valence-corrected chi connectivity index (χ4v) is 3.89. The largest absolute Gasteiger partial charge is 0.493 e. The topological polar surface area (TPSA) is 42.0 Å². The second-order valence-electron chi connectivity index (χ2n) is 6.90. The van der Waals surface area contributed by atoms with Crippen LogP contribution in [0.15, 0.2) is 12.1 Å². The van der Waals surface area contributed by atoms with Crippen molar-refractivity contribution in [3.8, 4) is 11.5 Å². The minimum absolute atomic E-state index is 0.288. The predicted molar refractivity (Wildman–Crippen MR) is 98.4 cm³/mol. The molecule has 1 heterocycles. The molecule has 1 aliphatic carbocycles. The Kier molecular flexibility index (Phi) is 6.07. The van der Waals surface area contributed by atoms with E-state index in [4.69, 9.17) is 21.1 Å². The van der Waals surface area contributed by atoms with Gasteiger partial charge in [-0.2, -0.15) is 0 Å². The number of rotatable bonds is 5. The third-order valence-electron chi connectivity index (χ3n) is 5.25. The van der Waals surface area contributed by atoms with E-state index in [1.165, 1.54) is 6.42 Å². The first kappa shape index (κ1) is 18.3. The Morgan fingerprint density at radius 3 is 2.56 bits per heavy atom. The van der Waals surface area contributed by atoms with Gasteiger partial charge in [-0.3, -0.25) is 9.69 Å². The van der Waals surface area contributed by atoms with E-state index in [0.29, 0.717) is 22.4 Å². The minimum Gasteiger partial charge on any atom is -0.493 e. The van der Waals surface area contributed by atoms with Crippen LogP contribution >= 0.6 is 11.6 Å². The molecule has 138 valence electrons. The maximum absolute atomic E-state index is 12.5. The molecule has 1 amide bonds. The first-order valence-electron chi connectivity index (χ1n) is 9.04. The minimum atomic E-state index is 0.288. The summed E-state index contributed by atoms with van der Waals surface area (Å²) in [5.74, 6) is 1.88. The molecule has 0 radical (unpaired) electrons.